The lowest BCUT2D eigenvalue weighted by atomic mass is 10.2. The van der Waals surface area contributed by atoms with Crippen LogP contribution in [-0.4, -0.2) is 61.1 Å². The summed E-state index contributed by atoms with van der Waals surface area (Å²) in [7, 11) is 4.05. The van der Waals surface area contributed by atoms with Crippen molar-refractivity contribution in [1.82, 2.24) is 15.1 Å². The average Bonchev–Trinajstić information content (AvgIpc) is 3.26. The quantitative estimate of drug-likeness (QED) is 0.296. The molecule has 3 aromatic rings. The first kappa shape index (κ1) is 25.7. The van der Waals surface area contributed by atoms with Gasteiger partial charge in [0.15, 0.2) is 11.5 Å². The molecule has 2 aromatic carbocycles. The second-order valence-corrected chi connectivity index (χ2v) is 8.53. The summed E-state index contributed by atoms with van der Waals surface area (Å²) < 4.78 is 58.2. The predicted octanol–water partition coefficient (Wildman–Crippen LogP) is 5.28. The van der Waals surface area contributed by atoms with Crippen LogP contribution in [0, 0.1) is 0 Å². The van der Waals surface area contributed by atoms with Gasteiger partial charge in [-0.25, -0.2) is 0 Å². The third kappa shape index (κ3) is 8.79. The molecule has 0 bridgehead atoms. The van der Waals surface area contributed by atoms with E-state index in [1.807, 2.05) is 38.4 Å². The first-order valence-corrected chi connectivity index (χ1v) is 11.7. The maximum absolute atomic E-state index is 12.5. The van der Waals surface area contributed by atoms with Crippen molar-refractivity contribution in [2.45, 2.75) is 18.5 Å². The van der Waals surface area contributed by atoms with Crippen LogP contribution < -0.4 is 14.2 Å². The molecule has 1 heterocycles. The second-order valence-electron chi connectivity index (χ2n) is 7.43. The molecule has 11 heteroatoms. The SMILES string of the molecule is CN(C)CCCOc1ccc(-c2nnc(CSCCOc3ccccc3OC(F)(F)F)o2)cc1. The predicted molar refractivity (Wildman–Crippen MR) is 123 cm³/mol. The highest BCUT2D eigenvalue weighted by atomic mass is 32.2. The second kappa shape index (κ2) is 12.5. The van der Waals surface area contributed by atoms with Crippen molar-refractivity contribution in [3.63, 3.8) is 0 Å². The van der Waals surface area contributed by atoms with E-state index in [0.717, 1.165) is 24.3 Å². The van der Waals surface area contributed by atoms with Crippen LogP contribution in [0.4, 0.5) is 13.2 Å². The maximum Gasteiger partial charge on any atom is 0.573 e. The molecule has 0 saturated carbocycles. The first-order chi connectivity index (χ1) is 16.3. The molecule has 7 nitrogen and oxygen atoms in total. The zero-order valence-corrected chi connectivity index (χ0v) is 19.7. The molecule has 0 aliphatic rings. The first-order valence-electron chi connectivity index (χ1n) is 10.6. The highest BCUT2D eigenvalue weighted by Gasteiger charge is 2.32. The van der Waals surface area contributed by atoms with E-state index in [-0.39, 0.29) is 18.1 Å². The third-order valence-electron chi connectivity index (χ3n) is 4.37. The number of nitrogens with zero attached hydrogens (tertiary/aromatic N) is 3. The van der Waals surface area contributed by atoms with E-state index in [1.165, 1.54) is 30.0 Å². The van der Waals surface area contributed by atoms with Gasteiger partial charge in [0, 0.05) is 17.9 Å². The minimum Gasteiger partial charge on any atom is -0.494 e. The molecule has 34 heavy (non-hydrogen) atoms. The number of halogens is 3. The van der Waals surface area contributed by atoms with Crippen LogP contribution in [0.15, 0.2) is 52.9 Å². The van der Waals surface area contributed by atoms with Crippen molar-refractivity contribution in [3.05, 3.63) is 54.4 Å². The van der Waals surface area contributed by atoms with Gasteiger partial charge in [-0.2, -0.15) is 0 Å². The van der Waals surface area contributed by atoms with Crippen LogP contribution in [0.5, 0.6) is 17.2 Å². The van der Waals surface area contributed by atoms with Gasteiger partial charge >= 0.3 is 6.36 Å². The fourth-order valence-corrected chi connectivity index (χ4v) is 3.48. The number of benzene rings is 2. The molecular weight excluding hydrogens is 471 g/mol. The molecule has 0 radical (unpaired) electrons. The normalized spacial score (nSPS) is 11.6. The van der Waals surface area contributed by atoms with Crippen LogP contribution in [0.3, 0.4) is 0 Å². The molecule has 0 spiro atoms. The lowest BCUT2D eigenvalue weighted by Crippen LogP contribution is -2.18. The Hall–Kier alpha value is -2.92. The number of para-hydroxylation sites is 2. The van der Waals surface area contributed by atoms with Crippen molar-refractivity contribution in [3.8, 4) is 28.7 Å². The van der Waals surface area contributed by atoms with Crippen molar-refractivity contribution in [1.29, 1.82) is 0 Å². The largest absolute Gasteiger partial charge is 0.573 e. The van der Waals surface area contributed by atoms with Crippen molar-refractivity contribution >= 4 is 11.8 Å². The maximum atomic E-state index is 12.5. The number of ether oxygens (including phenoxy) is 3. The van der Waals surface area contributed by atoms with Crippen LogP contribution >= 0.6 is 11.8 Å². The number of rotatable bonds is 13. The zero-order valence-electron chi connectivity index (χ0n) is 18.9. The Kier molecular flexibility index (Phi) is 9.46. The van der Waals surface area contributed by atoms with E-state index in [1.54, 1.807) is 6.07 Å². The van der Waals surface area contributed by atoms with Crippen LogP contribution in [0.2, 0.25) is 0 Å². The van der Waals surface area contributed by atoms with E-state index in [4.69, 9.17) is 13.9 Å². The Bertz CT molecular complexity index is 1010. The van der Waals surface area contributed by atoms with Crippen LogP contribution in [-0.2, 0) is 5.75 Å². The molecule has 0 saturated heterocycles. The Morgan fingerprint density at radius 1 is 0.941 bits per heavy atom. The van der Waals surface area contributed by atoms with Gasteiger partial charge < -0.3 is 23.5 Å². The van der Waals surface area contributed by atoms with Crippen molar-refractivity contribution in [2.24, 2.45) is 0 Å². The Balaban J connectivity index is 1.40. The fraction of sp³-hybridized carbons (Fsp3) is 0.391. The molecule has 0 fully saturated rings. The Morgan fingerprint density at radius 3 is 2.38 bits per heavy atom. The summed E-state index contributed by atoms with van der Waals surface area (Å²) in [5, 5.41) is 8.12. The number of alkyl halides is 3. The molecule has 0 aliphatic heterocycles. The van der Waals surface area contributed by atoms with Gasteiger partial charge in [-0.05, 0) is 56.9 Å². The standard InChI is InChI=1S/C23H26F3N3O4S/c1-29(2)12-5-13-30-18-10-8-17(9-11-18)22-28-27-21(32-22)16-34-15-14-31-19-6-3-4-7-20(19)33-23(24,25)26/h3-4,6-11H,5,12-16H2,1-2H3. The van der Waals surface area contributed by atoms with Gasteiger partial charge in [-0.3, -0.25) is 0 Å². The number of hydrogen-bond donors (Lipinski definition) is 0. The lowest BCUT2D eigenvalue weighted by molar-refractivity contribution is -0.275. The fourth-order valence-electron chi connectivity index (χ4n) is 2.84. The minimum atomic E-state index is -4.77. The van der Waals surface area contributed by atoms with Gasteiger partial charge in [0.1, 0.15) is 5.75 Å². The Morgan fingerprint density at radius 2 is 1.68 bits per heavy atom. The summed E-state index contributed by atoms with van der Waals surface area (Å²) in [4.78, 5) is 2.11. The van der Waals surface area contributed by atoms with E-state index >= 15 is 0 Å². The van der Waals surface area contributed by atoms with Gasteiger partial charge in [0.2, 0.25) is 11.8 Å². The molecule has 3 rings (SSSR count). The van der Waals surface area contributed by atoms with Gasteiger partial charge in [-0.1, -0.05) is 12.1 Å². The summed E-state index contributed by atoms with van der Waals surface area (Å²) in [5.74, 6) is 2.26. The smallest absolute Gasteiger partial charge is 0.494 e. The minimum absolute atomic E-state index is 0.0330. The van der Waals surface area contributed by atoms with E-state index < -0.39 is 6.36 Å². The van der Waals surface area contributed by atoms with Crippen LogP contribution in [0.1, 0.15) is 12.3 Å². The monoisotopic (exact) mass is 497 g/mol. The topological polar surface area (TPSA) is 69.9 Å². The molecule has 0 N–H and O–H groups in total. The summed E-state index contributed by atoms with van der Waals surface area (Å²) in [6, 6.07) is 13.1. The van der Waals surface area contributed by atoms with E-state index in [9.17, 15) is 13.2 Å². The summed E-state index contributed by atoms with van der Waals surface area (Å²) >= 11 is 1.46. The molecule has 184 valence electrons. The van der Waals surface area contributed by atoms with Crippen molar-refractivity contribution < 1.29 is 31.8 Å². The number of aromatic nitrogens is 2. The van der Waals surface area contributed by atoms with Gasteiger partial charge in [-0.15, -0.1) is 35.1 Å². The summed E-state index contributed by atoms with van der Waals surface area (Å²) in [6.45, 7) is 1.80. The molecule has 0 atom stereocenters. The average molecular weight is 498 g/mol. The highest BCUT2D eigenvalue weighted by molar-refractivity contribution is 7.98. The van der Waals surface area contributed by atoms with E-state index in [2.05, 4.69) is 19.8 Å². The van der Waals surface area contributed by atoms with Crippen LogP contribution in [0.25, 0.3) is 11.5 Å². The number of hydrogen-bond acceptors (Lipinski definition) is 8. The summed E-state index contributed by atoms with van der Waals surface area (Å²) in [5.41, 5.74) is 0.786. The molecule has 0 amide bonds. The molecule has 0 aliphatic carbocycles. The molecule has 1 aromatic heterocycles. The lowest BCUT2D eigenvalue weighted by Gasteiger charge is -2.13. The van der Waals surface area contributed by atoms with Gasteiger partial charge in [0.25, 0.3) is 0 Å². The third-order valence-corrected chi connectivity index (χ3v) is 5.28. The highest BCUT2D eigenvalue weighted by Crippen LogP contribution is 2.32. The Labute approximate surface area is 200 Å². The molecule has 0 unspecified atom stereocenters. The number of thioether (sulfide) groups is 1. The zero-order chi connectivity index (χ0) is 24.4. The van der Waals surface area contributed by atoms with Crippen molar-refractivity contribution in [2.75, 3.05) is 39.6 Å². The van der Waals surface area contributed by atoms with Gasteiger partial charge in [0.05, 0.1) is 19.0 Å². The summed E-state index contributed by atoms with van der Waals surface area (Å²) in [6.07, 6.45) is -3.83. The molecular formula is C23H26F3N3O4S. The van der Waals surface area contributed by atoms with E-state index in [0.29, 0.717) is 29.9 Å².